The number of aryl methyl sites for hydroxylation is 2. The van der Waals surface area contributed by atoms with Gasteiger partial charge in [-0.05, 0) is 92.0 Å². The molecule has 26 heavy (non-hydrogen) atoms. The van der Waals surface area contributed by atoms with Crippen molar-refractivity contribution in [2.45, 2.75) is 129 Å². The van der Waals surface area contributed by atoms with Gasteiger partial charge < -0.3 is 0 Å². The van der Waals surface area contributed by atoms with E-state index in [1.165, 1.54) is 122 Å². The predicted molar refractivity (Wildman–Crippen MR) is 115 cm³/mol. The number of benzene rings is 1. The molecule has 0 aliphatic heterocycles. The minimum atomic E-state index is 1.35. The summed E-state index contributed by atoms with van der Waals surface area (Å²) in [6, 6.07) is 2.62. The molecule has 1 aromatic rings. The van der Waals surface area contributed by atoms with Gasteiger partial charge in [0.25, 0.3) is 0 Å². The monoisotopic (exact) mass is 354 g/mol. The second-order valence-corrected chi connectivity index (χ2v) is 8.98. The van der Waals surface area contributed by atoms with E-state index in [-0.39, 0.29) is 0 Å². The number of unbranched alkanes of at least 4 members (excludes halogenated alkanes) is 9. The largest absolute Gasteiger partial charge is 0.0654 e. The molecule has 3 rings (SSSR count). The molecule has 0 amide bonds. The van der Waals surface area contributed by atoms with E-state index in [0.717, 1.165) is 0 Å². The highest BCUT2D eigenvalue weighted by atomic mass is 14.3. The van der Waals surface area contributed by atoms with Crippen LogP contribution in [0.4, 0.5) is 0 Å². The molecule has 0 saturated carbocycles. The van der Waals surface area contributed by atoms with Gasteiger partial charge in [-0.1, -0.05) is 70.8 Å². The molecular formula is C26H42. The van der Waals surface area contributed by atoms with Crippen LogP contribution in [0.5, 0.6) is 0 Å². The first-order valence-electron chi connectivity index (χ1n) is 12.1. The molecule has 0 aromatic heterocycles. The second kappa shape index (κ2) is 11.2. The molecule has 1 aromatic carbocycles. The van der Waals surface area contributed by atoms with Gasteiger partial charge in [0.1, 0.15) is 0 Å². The average Bonchev–Trinajstić information content (AvgIpc) is 2.68. The lowest BCUT2D eigenvalue weighted by molar-refractivity contribution is 0.554. The predicted octanol–water partition coefficient (Wildman–Crippen LogP) is 7.91. The molecule has 146 valence electrons. The molecule has 0 radical (unpaired) electrons. The van der Waals surface area contributed by atoms with E-state index >= 15 is 0 Å². The van der Waals surface area contributed by atoms with E-state index < -0.39 is 0 Å². The molecule has 2 aliphatic carbocycles. The van der Waals surface area contributed by atoms with Crippen LogP contribution in [0.3, 0.4) is 0 Å². The molecule has 0 N–H and O–H groups in total. The van der Waals surface area contributed by atoms with Crippen molar-refractivity contribution in [2.75, 3.05) is 0 Å². The van der Waals surface area contributed by atoms with Gasteiger partial charge in [-0.25, -0.2) is 0 Å². The third-order valence-corrected chi connectivity index (χ3v) is 6.88. The Labute approximate surface area is 163 Å². The highest BCUT2D eigenvalue weighted by Crippen LogP contribution is 2.34. The highest BCUT2D eigenvalue weighted by molar-refractivity contribution is 5.48. The molecule has 0 nitrogen and oxygen atoms in total. The van der Waals surface area contributed by atoms with Crippen LogP contribution < -0.4 is 0 Å². The Morgan fingerprint density at radius 2 is 1.04 bits per heavy atom. The van der Waals surface area contributed by atoms with Crippen molar-refractivity contribution in [3.05, 3.63) is 33.9 Å². The average molecular weight is 355 g/mol. The highest BCUT2D eigenvalue weighted by Gasteiger charge is 2.21. The quantitative estimate of drug-likeness (QED) is 0.354. The van der Waals surface area contributed by atoms with Gasteiger partial charge in [-0.15, -0.1) is 0 Å². The summed E-state index contributed by atoms with van der Waals surface area (Å²) in [4.78, 5) is 0. The zero-order valence-electron chi connectivity index (χ0n) is 17.5. The molecule has 0 heterocycles. The van der Waals surface area contributed by atoms with Crippen LogP contribution >= 0.6 is 0 Å². The summed E-state index contributed by atoms with van der Waals surface area (Å²) >= 11 is 0. The van der Waals surface area contributed by atoms with Gasteiger partial charge >= 0.3 is 0 Å². The molecule has 0 heteroatoms. The molecule has 0 fully saturated rings. The summed E-state index contributed by atoms with van der Waals surface area (Å²) < 4.78 is 0. The maximum absolute atomic E-state index is 2.62. The van der Waals surface area contributed by atoms with E-state index in [9.17, 15) is 0 Å². The smallest absolute Gasteiger partial charge is 0.0273 e. The fraction of sp³-hybridized carbons (Fsp3) is 0.769. The lowest BCUT2D eigenvalue weighted by Crippen LogP contribution is -2.15. The molecule has 0 spiro atoms. The van der Waals surface area contributed by atoms with Crippen LogP contribution in [0.25, 0.3) is 0 Å². The fourth-order valence-electron chi connectivity index (χ4n) is 5.35. The topological polar surface area (TPSA) is 0 Å². The second-order valence-electron chi connectivity index (χ2n) is 8.98. The van der Waals surface area contributed by atoms with Crippen LogP contribution in [0.2, 0.25) is 0 Å². The molecule has 0 bridgehead atoms. The van der Waals surface area contributed by atoms with E-state index in [1.54, 1.807) is 22.3 Å². The van der Waals surface area contributed by atoms with Crippen LogP contribution in [0.1, 0.15) is 125 Å². The van der Waals surface area contributed by atoms with Crippen molar-refractivity contribution in [3.8, 4) is 0 Å². The minimum absolute atomic E-state index is 1.35. The first-order chi connectivity index (χ1) is 12.9. The summed E-state index contributed by atoms with van der Waals surface area (Å²) in [6.07, 6.45) is 27.0. The number of hydrogen-bond donors (Lipinski definition) is 0. The summed E-state index contributed by atoms with van der Waals surface area (Å²) in [5.74, 6) is 0. The standard InChI is InChI=1S/C26H42/c1-2-3-4-5-6-7-8-9-10-11-20-26-24-18-14-12-16-22(24)21-23-17-13-15-19-25(23)26/h21H,2-20H2,1H3. The summed E-state index contributed by atoms with van der Waals surface area (Å²) in [7, 11) is 0. The van der Waals surface area contributed by atoms with Gasteiger partial charge in [0.05, 0.1) is 0 Å². The SMILES string of the molecule is CCCCCCCCCCCCc1c2c(cc3c1CCCC3)CCCC2. The third-order valence-electron chi connectivity index (χ3n) is 6.88. The van der Waals surface area contributed by atoms with Crippen LogP contribution in [-0.4, -0.2) is 0 Å². The molecule has 0 saturated heterocycles. The van der Waals surface area contributed by atoms with Gasteiger partial charge in [0.2, 0.25) is 0 Å². The maximum atomic E-state index is 2.62. The minimum Gasteiger partial charge on any atom is -0.0654 e. The molecular weight excluding hydrogens is 312 g/mol. The van der Waals surface area contributed by atoms with Crippen molar-refractivity contribution in [2.24, 2.45) is 0 Å². The first kappa shape index (κ1) is 20.0. The van der Waals surface area contributed by atoms with E-state index in [2.05, 4.69) is 13.0 Å². The molecule has 0 unspecified atom stereocenters. The Bertz CT molecular complexity index is 505. The zero-order chi connectivity index (χ0) is 18.0. The third kappa shape index (κ3) is 5.61. The summed E-state index contributed by atoms with van der Waals surface area (Å²) in [5.41, 5.74) is 8.90. The van der Waals surface area contributed by atoms with Gasteiger partial charge in [-0.2, -0.15) is 0 Å². The molecule has 2 aliphatic rings. The van der Waals surface area contributed by atoms with Gasteiger partial charge in [-0.3, -0.25) is 0 Å². The first-order valence-corrected chi connectivity index (χ1v) is 12.1. The Kier molecular flexibility index (Phi) is 8.56. The lowest BCUT2D eigenvalue weighted by atomic mass is 9.78. The van der Waals surface area contributed by atoms with E-state index in [4.69, 9.17) is 0 Å². The van der Waals surface area contributed by atoms with Crippen molar-refractivity contribution in [1.29, 1.82) is 0 Å². The van der Waals surface area contributed by atoms with Gasteiger partial charge in [0, 0.05) is 0 Å². The van der Waals surface area contributed by atoms with Gasteiger partial charge in [0.15, 0.2) is 0 Å². The fourth-order valence-corrected chi connectivity index (χ4v) is 5.35. The number of rotatable bonds is 11. The number of hydrogen-bond acceptors (Lipinski definition) is 0. The van der Waals surface area contributed by atoms with Crippen molar-refractivity contribution < 1.29 is 0 Å². The Balaban J connectivity index is 1.44. The van der Waals surface area contributed by atoms with Crippen molar-refractivity contribution in [1.82, 2.24) is 0 Å². The van der Waals surface area contributed by atoms with E-state index in [1.807, 2.05) is 5.56 Å². The molecule has 0 atom stereocenters. The van der Waals surface area contributed by atoms with Crippen LogP contribution in [0.15, 0.2) is 6.07 Å². The summed E-state index contributed by atoms with van der Waals surface area (Å²) in [5, 5.41) is 0. The Morgan fingerprint density at radius 1 is 0.577 bits per heavy atom. The van der Waals surface area contributed by atoms with E-state index in [0.29, 0.717) is 0 Å². The number of fused-ring (bicyclic) bond motifs is 2. The maximum Gasteiger partial charge on any atom is -0.0273 e. The summed E-state index contributed by atoms with van der Waals surface area (Å²) in [6.45, 7) is 2.31. The zero-order valence-corrected chi connectivity index (χ0v) is 17.5. The van der Waals surface area contributed by atoms with Crippen molar-refractivity contribution >= 4 is 0 Å². The van der Waals surface area contributed by atoms with Crippen molar-refractivity contribution in [3.63, 3.8) is 0 Å². The Hall–Kier alpha value is -0.780. The Morgan fingerprint density at radius 3 is 1.58 bits per heavy atom. The normalized spacial score (nSPS) is 16.3. The van der Waals surface area contributed by atoms with Crippen LogP contribution in [-0.2, 0) is 32.1 Å². The van der Waals surface area contributed by atoms with Crippen LogP contribution in [0, 0.1) is 0 Å². The lowest BCUT2D eigenvalue weighted by Gasteiger charge is -2.27.